The number of rotatable bonds is 10. The van der Waals surface area contributed by atoms with Crippen LogP contribution in [0.5, 0.6) is 0 Å². The Morgan fingerprint density at radius 3 is 2.44 bits per heavy atom. The van der Waals surface area contributed by atoms with Gasteiger partial charge >= 0.3 is 0 Å². The standard InChI is InChI=1S/C27H33ClN4O4/c1-17(20-9-11-23(12-10-20)32-14-4-13-29-32)30-26(35)24(33)25(34)27(36)31(16-19-7-8-19)18(2)21-5-3-6-22(28)15-21/h3-6,9-12,14-15,17-19,24-25,29,33-34H,7-8,13,16H2,1-2H3,(H,30,35)/t17-,18?,24-,25-/m1/s1. The molecule has 2 aliphatic rings. The molecule has 0 radical (unpaired) electrons. The summed E-state index contributed by atoms with van der Waals surface area (Å²) in [5, 5.41) is 26.4. The fourth-order valence-corrected chi connectivity index (χ4v) is 4.46. The number of hydrogen-bond acceptors (Lipinski definition) is 6. The molecule has 4 atom stereocenters. The monoisotopic (exact) mass is 512 g/mol. The van der Waals surface area contributed by atoms with Gasteiger partial charge in [0.2, 0.25) is 0 Å². The van der Waals surface area contributed by atoms with Crippen molar-refractivity contribution in [3.05, 3.63) is 77.0 Å². The molecule has 0 bridgehead atoms. The molecule has 2 aromatic rings. The number of hydrazine groups is 1. The molecule has 9 heteroatoms. The Hall–Kier alpha value is -2.91. The highest BCUT2D eigenvalue weighted by Gasteiger charge is 2.38. The zero-order valence-electron chi connectivity index (χ0n) is 20.5. The maximum Gasteiger partial charge on any atom is 0.255 e. The third-order valence-electron chi connectivity index (χ3n) is 6.72. The molecule has 36 heavy (non-hydrogen) atoms. The molecule has 2 amide bonds. The Morgan fingerprint density at radius 2 is 1.83 bits per heavy atom. The zero-order valence-corrected chi connectivity index (χ0v) is 21.2. The van der Waals surface area contributed by atoms with Crippen molar-refractivity contribution in [3.8, 4) is 0 Å². The number of carbonyl (C=O) groups is 2. The van der Waals surface area contributed by atoms with Crippen LogP contribution in [-0.4, -0.2) is 52.2 Å². The second-order valence-electron chi connectivity index (χ2n) is 9.49. The first-order valence-electron chi connectivity index (χ1n) is 12.3. The second kappa shape index (κ2) is 11.4. The maximum absolute atomic E-state index is 13.3. The smallest absolute Gasteiger partial charge is 0.255 e. The normalized spacial score (nSPS) is 18.4. The summed E-state index contributed by atoms with van der Waals surface area (Å²) in [5.74, 6) is -1.14. The Bertz CT molecular complexity index is 1110. The quantitative estimate of drug-likeness (QED) is 0.390. The van der Waals surface area contributed by atoms with Gasteiger partial charge in [0, 0.05) is 24.3 Å². The summed E-state index contributed by atoms with van der Waals surface area (Å²) in [7, 11) is 0. The van der Waals surface area contributed by atoms with Crippen molar-refractivity contribution in [3.63, 3.8) is 0 Å². The molecular weight excluding hydrogens is 480 g/mol. The lowest BCUT2D eigenvalue weighted by molar-refractivity contribution is -0.155. The molecule has 1 aliphatic heterocycles. The van der Waals surface area contributed by atoms with Gasteiger partial charge in [0.05, 0.1) is 17.8 Å². The van der Waals surface area contributed by atoms with Gasteiger partial charge in [0.25, 0.3) is 11.8 Å². The molecule has 0 aromatic heterocycles. The van der Waals surface area contributed by atoms with Gasteiger partial charge in [-0.2, -0.15) is 0 Å². The van der Waals surface area contributed by atoms with E-state index in [1.807, 2.05) is 54.5 Å². The lowest BCUT2D eigenvalue weighted by Gasteiger charge is -2.32. The van der Waals surface area contributed by atoms with E-state index in [2.05, 4.69) is 10.7 Å². The van der Waals surface area contributed by atoms with Gasteiger partial charge in [-0.05, 0) is 68.0 Å². The average Bonchev–Trinajstić information content (AvgIpc) is 3.54. The third kappa shape index (κ3) is 6.25. The number of nitrogens with zero attached hydrogens (tertiary/aromatic N) is 2. The molecule has 0 saturated heterocycles. The van der Waals surface area contributed by atoms with Crippen molar-refractivity contribution in [1.29, 1.82) is 0 Å². The first kappa shape index (κ1) is 26.2. The molecule has 1 fully saturated rings. The van der Waals surface area contributed by atoms with E-state index in [9.17, 15) is 19.8 Å². The highest BCUT2D eigenvalue weighted by atomic mass is 35.5. The van der Waals surface area contributed by atoms with Crippen LogP contribution in [0.3, 0.4) is 0 Å². The maximum atomic E-state index is 13.3. The van der Waals surface area contributed by atoms with Crippen LogP contribution in [0.25, 0.3) is 0 Å². The summed E-state index contributed by atoms with van der Waals surface area (Å²) in [4.78, 5) is 27.5. The summed E-state index contributed by atoms with van der Waals surface area (Å²) in [5.41, 5.74) is 5.79. The van der Waals surface area contributed by atoms with Crippen LogP contribution in [0.2, 0.25) is 5.02 Å². The average molecular weight is 513 g/mol. The molecule has 1 saturated carbocycles. The Kier molecular flexibility index (Phi) is 8.31. The van der Waals surface area contributed by atoms with Crippen molar-refractivity contribution in [2.45, 2.75) is 51.0 Å². The molecule has 192 valence electrons. The molecular formula is C27H33ClN4O4. The van der Waals surface area contributed by atoms with Crippen molar-refractivity contribution in [2.24, 2.45) is 5.92 Å². The summed E-state index contributed by atoms with van der Waals surface area (Å²) in [6.07, 6.45) is 2.18. The Labute approximate surface area is 216 Å². The third-order valence-corrected chi connectivity index (χ3v) is 6.95. The van der Waals surface area contributed by atoms with E-state index in [0.717, 1.165) is 36.2 Å². The topological polar surface area (TPSA) is 105 Å². The van der Waals surface area contributed by atoms with Gasteiger partial charge in [-0.15, -0.1) is 0 Å². The number of nitrogens with one attached hydrogen (secondary N) is 2. The highest BCUT2D eigenvalue weighted by Crippen LogP contribution is 2.34. The van der Waals surface area contributed by atoms with Crippen LogP contribution in [0.15, 0.2) is 60.8 Å². The summed E-state index contributed by atoms with van der Waals surface area (Å²) in [6.45, 7) is 4.84. The van der Waals surface area contributed by atoms with Crippen LogP contribution in [0.4, 0.5) is 5.69 Å². The summed E-state index contributed by atoms with van der Waals surface area (Å²) >= 11 is 6.13. The zero-order chi connectivity index (χ0) is 25.8. The predicted octanol–water partition coefficient (Wildman–Crippen LogP) is 3.08. The van der Waals surface area contributed by atoms with E-state index in [-0.39, 0.29) is 6.04 Å². The molecule has 1 aliphatic carbocycles. The molecule has 8 nitrogen and oxygen atoms in total. The van der Waals surface area contributed by atoms with Gasteiger partial charge in [-0.25, -0.2) is 5.43 Å². The van der Waals surface area contributed by atoms with E-state index in [1.54, 1.807) is 25.1 Å². The number of hydrogen-bond donors (Lipinski definition) is 4. The molecule has 4 N–H and O–H groups in total. The minimum Gasteiger partial charge on any atom is -0.380 e. The van der Waals surface area contributed by atoms with E-state index >= 15 is 0 Å². The first-order valence-corrected chi connectivity index (χ1v) is 12.6. The first-order chi connectivity index (χ1) is 17.2. The SMILES string of the molecule is CC(c1cccc(Cl)c1)N(CC1CC1)C(=O)[C@H](O)[C@@H](O)C(=O)N[C@H](C)c1ccc(N2C=CCN2)cc1. The van der Waals surface area contributed by atoms with Gasteiger partial charge in [-0.3, -0.25) is 14.6 Å². The van der Waals surface area contributed by atoms with E-state index in [4.69, 9.17) is 11.6 Å². The molecule has 1 unspecified atom stereocenters. The van der Waals surface area contributed by atoms with Gasteiger partial charge in [0.1, 0.15) is 0 Å². The minimum atomic E-state index is -1.90. The van der Waals surface area contributed by atoms with Crippen LogP contribution in [-0.2, 0) is 9.59 Å². The van der Waals surface area contributed by atoms with Gasteiger partial charge in [0.15, 0.2) is 12.2 Å². The van der Waals surface area contributed by atoms with Crippen molar-refractivity contribution >= 4 is 29.1 Å². The number of benzene rings is 2. The lowest BCUT2D eigenvalue weighted by Crippen LogP contribution is -2.52. The fraction of sp³-hybridized carbons (Fsp3) is 0.407. The molecule has 1 heterocycles. The van der Waals surface area contributed by atoms with Crippen LogP contribution >= 0.6 is 11.6 Å². The summed E-state index contributed by atoms with van der Waals surface area (Å²) in [6, 6.07) is 14.0. The van der Waals surface area contributed by atoms with Crippen LogP contribution in [0, 0.1) is 5.92 Å². The van der Waals surface area contributed by atoms with Crippen LogP contribution in [0.1, 0.15) is 49.9 Å². The number of anilines is 1. The van der Waals surface area contributed by atoms with Gasteiger partial charge in [-0.1, -0.05) is 41.9 Å². The van der Waals surface area contributed by atoms with E-state index in [0.29, 0.717) is 17.5 Å². The highest BCUT2D eigenvalue weighted by molar-refractivity contribution is 6.30. The van der Waals surface area contributed by atoms with Crippen molar-refractivity contribution in [2.75, 3.05) is 18.1 Å². The van der Waals surface area contributed by atoms with Crippen molar-refractivity contribution in [1.82, 2.24) is 15.6 Å². The van der Waals surface area contributed by atoms with E-state index in [1.165, 1.54) is 4.90 Å². The van der Waals surface area contributed by atoms with Crippen molar-refractivity contribution < 1.29 is 19.8 Å². The number of carbonyl (C=O) groups excluding carboxylic acids is 2. The van der Waals surface area contributed by atoms with Crippen LogP contribution < -0.4 is 15.8 Å². The predicted molar refractivity (Wildman–Crippen MR) is 139 cm³/mol. The fourth-order valence-electron chi connectivity index (χ4n) is 4.26. The number of amides is 2. The Morgan fingerprint density at radius 1 is 1.11 bits per heavy atom. The number of aliphatic hydroxyl groups excluding tert-OH is 2. The number of halogens is 1. The summed E-state index contributed by atoms with van der Waals surface area (Å²) < 4.78 is 0. The molecule has 2 aromatic carbocycles. The minimum absolute atomic E-state index is 0.350. The Balaban J connectivity index is 1.39. The van der Waals surface area contributed by atoms with E-state index < -0.39 is 30.1 Å². The second-order valence-corrected chi connectivity index (χ2v) is 9.93. The lowest BCUT2D eigenvalue weighted by atomic mass is 10.0. The largest absolute Gasteiger partial charge is 0.380 e. The molecule has 0 spiro atoms. The van der Waals surface area contributed by atoms with Gasteiger partial charge < -0.3 is 20.4 Å². The number of aliphatic hydroxyl groups is 2. The molecule has 4 rings (SSSR count).